The maximum absolute atomic E-state index is 13.1. The standard InChI is InChI=1S/C25H25F3N2O5/c1-14-5-8-16-9-12-18(22(31)30-21(23(32)33)24(2,3)4)20(19(16)29-14)34-13-15-6-10-17(11-7-15)35-25(26,27)28/h5-12,21H,13H2,1-4H3,(H,30,31)(H,32,33)/t21-/m1/s1. The molecule has 186 valence electrons. The van der Waals surface area contributed by atoms with Crippen molar-refractivity contribution in [2.45, 2.75) is 46.7 Å². The van der Waals surface area contributed by atoms with Crippen molar-refractivity contribution >= 4 is 22.8 Å². The van der Waals surface area contributed by atoms with Gasteiger partial charge in [0.25, 0.3) is 5.91 Å². The number of nitrogens with one attached hydrogen (secondary N) is 1. The van der Waals surface area contributed by atoms with E-state index in [4.69, 9.17) is 4.74 Å². The Balaban J connectivity index is 1.94. The molecule has 0 aliphatic heterocycles. The van der Waals surface area contributed by atoms with Crippen LogP contribution in [0.2, 0.25) is 0 Å². The van der Waals surface area contributed by atoms with Gasteiger partial charge < -0.3 is 19.9 Å². The average molecular weight is 490 g/mol. The van der Waals surface area contributed by atoms with E-state index in [1.54, 1.807) is 39.8 Å². The lowest BCUT2D eigenvalue weighted by Crippen LogP contribution is -2.49. The van der Waals surface area contributed by atoms with Gasteiger partial charge in [-0.15, -0.1) is 13.2 Å². The van der Waals surface area contributed by atoms with Gasteiger partial charge in [0.15, 0.2) is 5.75 Å². The van der Waals surface area contributed by atoms with Crippen molar-refractivity contribution in [3.63, 3.8) is 0 Å². The van der Waals surface area contributed by atoms with Crippen LogP contribution in [0.4, 0.5) is 13.2 Å². The second-order valence-corrected chi connectivity index (χ2v) is 9.06. The zero-order valence-corrected chi connectivity index (χ0v) is 19.6. The third-order valence-corrected chi connectivity index (χ3v) is 5.13. The Labute approximate surface area is 199 Å². The Morgan fingerprint density at radius 1 is 1.03 bits per heavy atom. The molecule has 1 heterocycles. The van der Waals surface area contributed by atoms with Gasteiger partial charge in [0.2, 0.25) is 0 Å². The van der Waals surface area contributed by atoms with Crippen molar-refractivity contribution in [2.24, 2.45) is 5.41 Å². The number of fused-ring (bicyclic) bond motifs is 1. The molecule has 0 fully saturated rings. The lowest BCUT2D eigenvalue weighted by atomic mass is 9.86. The number of hydrogen-bond donors (Lipinski definition) is 2. The number of aromatic nitrogens is 1. The summed E-state index contributed by atoms with van der Waals surface area (Å²) in [4.78, 5) is 29.4. The van der Waals surface area contributed by atoms with Gasteiger partial charge in [0.1, 0.15) is 23.9 Å². The minimum absolute atomic E-state index is 0.0804. The van der Waals surface area contributed by atoms with E-state index in [-0.39, 0.29) is 23.7 Å². The molecule has 0 saturated carbocycles. The topological polar surface area (TPSA) is 97.8 Å². The molecule has 0 spiro atoms. The molecule has 35 heavy (non-hydrogen) atoms. The van der Waals surface area contributed by atoms with Gasteiger partial charge in [-0.25, -0.2) is 9.78 Å². The van der Waals surface area contributed by atoms with Crippen molar-refractivity contribution in [2.75, 3.05) is 0 Å². The number of amides is 1. The van der Waals surface area contributed by atoms with E-state index in [9.17, 15) is 27.9 Å². The molecule has 1 amide bonds. The van der Waals surface area contributed by atoms with E-state index >= 15 is 0 Å². The summed E-state index contributed by atoms with van der Waals surface area (Å²) < 4.78 is 47.0. The number of carbonyl (C=O) groups is 2. The first-order valence-corrected chi connectivity index (χ1v) is 10.7. The van der Waals surface area contributed by atoms with Crippen LogP contribution in [0.5, 0.6) is 11.5 Å². The van der Waals surface area contributed by atoms with Crippen LogP contribution in [0.1, 0.15) is 42.4 Å². The first-order valence-electron chi connectivity index (χ1n) is 10.7. The van der Waals surface area contributed by atoms with Gasteiger partial charge >= 0.3 is 12.3 Å². The molecule has 0 unspecified atom stereocenters. The highest BCUT2D eigenvalue weighted by Crippen LogP contribution is 2.31. The Hall–Kier alpha value is -3.82. The van der Waals surface area contributed by atoms with Crippen LogP contribution in [0, 0.1) is 12.3 Å². The highest BCUT2D eigenvalue weighted by Gasteiger charge is 2.34. The molecule has 7 nitrogen and oxygen atoms in total. The Kier molecular flexibility index (Phi) is 7.23. The number of pyridine rings is 1. The summed E-state index contributed by atoms with van der Waals surface area (Å²) in [6.07, 6.45) is -4.80. The smallest absolute Gasteiger partial charge is 0.486 e. The number of carboxylic acid groups (broad SMARTS) is 1. The third-order valence-electron chi connectivity index (χ3n) is 5.13. The zero-order chi connectivity index (χ0) is 26.0. The fourth-order valence-corrected chi connectivity index (χ4v) is 3.39. The molecule has 0 aliphatic rings. The van der Waals surface area contributed by atoms with Crippen LogP contribution in [0.25, 0.3) is 10.9 Å². The number of alkyl halides is 3. The largest absolute Gasteiger partial charge is 0.573 e. The van der Waals surface area contributed by atoms with Gasteiger partial charge in [-0.3, -0.25) is 4.79 Å². The summed E-state index contributed by atoms with van der Waals surface area (Å²) in [6.45, 7) is 6.78. The first-order chi connectivity index (χ1) is 16.2. The van der Waals surface area contributed by atoms with Crippen LogP contribution >= 0.6 is 0 Å². The lowest BCUT2D eigenvalue weighted by Gasteiger charge is -2.28. The van der Waals surface area contributed by atoms with Gasteiger partial charge in [0, 0.05) is 11.1 Å². The summed E-state index contributed by atoms with van der Waals surface area (Å²) in [5, 5.41) is 12.8. The van der Waals surface area contributed by atoms with E-state index in [0.29, 0.717) is 22.2 Å². The van der Waals surface area contributed by atoms with Crippen molar-refractivity contribution in [3.8, 4) is 11.5 Å². The molecular weight excluding hydrogens is 465 g/mol. The van der Waals surface area contributed by atoms with Gasteiger partial charge in [-0.1, -0.05) is 45.0 Å². The third kappa shape index (κ3) is 6.62. The molecule has 0 aliphatic carbocycles. The predicted molar refractivity (Wildman–Crippen MR) is 122 cm³/mol. The molecule has 2 aromatic carbocycles. The van der Waals surface area contributed by atoms with E-state index in [2.05, 4.69) is 15.0 Å². The summed E-state index contributed by atoms with van der Waals surface area (Å²) >= 11 is 0. The van der Waals surface area contributed by atoms with Crippen LogP contribution in [-0.4, -0.2) is 34.4 Å². The number of halogens is 3. The van der Waals surface area contributed by atoms with Crippen molar-refractivity contribution < 1.29 is 37.3 Å². The van der Waals surface area contributed by atoms with Crippen molar-refractivity contribution in [1.29, 1.82) is 0 Å². The number of benzene rings is 2. The molecule has 0 saturated heterocycles. The number of ether oxygens (including phenoxy) is 2. The van der Waals surface area contributed by atoms with E-state index in [0.717, 1.165) is 12.1 Å². The van der Waals surface area contributed by atoms with Crippen LogP contribution in [0.3, 0.4) is 0 Å². The maximum atomic E-state index is 13.1. The Bertz CT molecular complexity index is 1230. The van der Waals surface area contributed by atoms with Crippen molar-refractivity contribution in [1.82, 2.24) is 10.3 Å². The quantitative estimate of drug-likeness (QED) is 0.470. The average Bonchev–Trinajstić information content (AvgIpc) is 2.74. The predicted octanol–water partition coefficient (Wildman–Crippen LogP) is 5.25. The Morgan fingerprint density at radius 3 is 2.23 bits per heavy atom. The van der Waals surface area contributed by atoms with Gasteiger partial charge in [-0.05, 0) is 42.2 Å². The summed E-state index contributed by atoms with van der Waals surface area (Å²) in [7, 11) is 0. The summed E-state index contributed by atoms with van der Waals surface area (Å²) in [5.41, 5.74) is 0.926. The second kappa shape index (κ2) is 9.81. The van der Waals surface area contributed by atoms with Crippen LogP contribution < -0.4 is 14.8 Å². The lowest BCUT2D eigenvalue weighted by molar-refractivity contribution is -0.274. The number of carbonyl (C=O) groups excluding carboxylic acids is 1. The molecule has 3 rings (SSSR count). The maximum Gasteiger partial charge on any atom is 0.573 e. The fourth-order valence-electron chi connectivity index (χ4n) is 3.39. The monoisotopic (exact) mass is 490 g/mol. The molecular formula is C25H25F3N2O5. The number of carboxylic acids is 1. The van der Waals surface area contributed by atoms with E-state index in [1.165, 1.54) is 18.2 Å². The molecule has 0 bridgehead atoms. The molecule has 0 radical (unpaired) electrons. The summed E-state index contributed by atoms with van der Waals surface area (Å²) in [5.74, 6) is -2.06. The summed E-state index contributed by atoms with van der Waals surface area (Å²) in [6, 6.07) is 10.8. The number of nitrogens with zero attached hydrogens (tertiary/aromatic N) is 1. The van der Waals surface area contributed by atoms with E-state index < -0.39 is 29.7 Å². The molecule has 3 aromatic rings. The molecule has 2 N–H and O–H groups in total. The molecule has 10 heteroatoms. The SMILES string of the molecule is Cc1ccc2ccc(C(=O)N[C@H](C(=O)O)C(C)(C)C)c(OCc3ccc(OC(F)(F)F)cc3)c2n1. The van der Waals surface area contributed by atoms with E-state index in [1.807, 2.05) is 6.07 Å². The number of aliphatic carboxylic acids is 1. The van der Waals surface area contributed by atoms with Crippen molar-refractivity contribution in [3.05, 3.63) is 65.4 Å². The Morgan fingerprint density at radius 2 is 1.66 bits per heavy atom. The van der Waals surface area contributed by atoms with Crippen LogP contribution in [-0.2, 0) is 11.4 Å². The van der Waals surface area contributed by atoms with Crippen LogP contribution in [0.15, 0.2) is 48.5 Å². The minimum Gasteiger partial charge on any atom is -0.486 e. The fraction of sp³-hybridized carbons (Fsp3) is 0.320. The molecule has 1 aromatic heterocycles. The number of aryl methyl sites for hydroxylation is 1. The zero-order valence-electron chi connectivity index (χ0n) is 19.6. The first kappa shape index (κ1) is 25.8. The minimum atomic E-state index is -4.80. The number of hydrogen-bond acceptors (Lipinski definition) is 5. The van der Waals surface area contributed by atoms with Gasteiger partial charge in [0.05, 0.1) is 5.56 Å². The highest BCUT2D eigenvalue weighted by molar-refractivity contribution is 6.04. The molecule has 1 atom stereocenters. The highest BCUT2D eigenvalue weighted by atomic mass is 19.4. The normalized spacial score (nSPS) is 12.8. The van der Waals surface area contributed by atoms with Gasteiger partial charge in [-0.2, -0.15) is 0 Å². The number of rotatable bonds is 7. The second-order valence-electron chi connectivity index (χ2n) is 9.06.